The first-order chi connectivity index (χ1) is 19.2. The second kappa shape index (κ2) is 11.5. The highest BCUT2D eigenvalue weighted by atomic mass is 19.1. The fourth-order valence-electron chi connectivity index (χ4n) is 5.42. The molecular formula is C31H34FN5O3. The normalized spacial score (nSPS) is 16.6. The number of nitrogens with one attached hydrogen (secondary N) is 4. The molecule has 2 aromatic carbocycles. The Kier molecular flexibility index (Phi) is 7.84. The van der Waals surface area contributed by atoms with Crippen molar-refractivity contribution in [1.29, 1.82) is 0 Å². The van der Waals surface area contributed by atoms with Gasteiger partial charge in [0.15, 0.2) is 0 Å². The van der Waals surface area contributed by atoms with Gasteiger partial charge in [0.2, 0.25) is 0 Å². The molecule has 0 radical (unpaired) electrons. The largest absolute Gasteiger partial charge is 0.358 e. The van der Waals surface area contributed by atoms with E-state index in [0.717, 1.165) is 36.5 Å². The molecule has 0 aliphatic carbocycles. The van der Waals surface area contributed by atoms with Crippen molar-refractivity contribution >= 4 is 35.1 Å². The van der Waals surface area contributed by atoms with Crippen LogP contribution in [0.5, 0.6) is 0 Å². The number of likely N-dealkylation sites (tertiary alicyclic amines) is 1. The van der Waals surface area contributed by atoms with Gasteiger partial charge in [0.05, 0.1) is 17.2 Å². The van der Waals surface area contributed by atoms with E-state index < -0.39 is 0 Å². The Balaban J connectivity index is 1.30. The first-order valence-corrected chi connectivity index (χ1v) is 13.6. The standard InChI is InChI=1S/C31H34FN5O3/c1-18-26(34-20(3)28(18)31(40)33-12-15-37-13-4-5-14-37)17-25-24-11-8-22(16-27(24)36-30(25)39)29(38)35-19(2)21-6-9-23(32)10-7-21/h6-11,16-17,19,34H,4-5,12-15H2,1-3H3,(H,33,40)(H,35,38)(H,36,39)/t19-/m0/s1. The summed E-state index contributed by atoms with van der Waals surface area (Å²) in [5.74, 6) is -1.05. The van der Waals surface area contributed by atoms with Crippen LogP contribution >= 0.6 is 0 Å². The smallest absolute Gasteiger partial charge is 0.256 e. The molecule has 1 saturated heterocycles. The quantitative estimate of drug-likeness (QED) is 0.312. The number of hydrogen-bond acceptors (Lipinski definition) is 4. The Morgan fingerprint density at radius 3 is 2.52 bits per heavy atom. The van der Waals surface area contributed by atoms with E-state index in [4.69, 9.17) is 0 Å². The third kappa shape index (κ3) is 5.70. The molecular weight excluding hydrogens is 509 g/mol. The van der Waals surface area contributed by atoms with Crippen LogP contribution in [0.1, 0.15) is 74.6 Å². The predicted molar refractivity (Wildman–Crippen MR) is 153 cm³/mol. The fraction of sp³-hybridized carbons (Fsp3) is 0.323. The number of carbonyl (C=O) groups excluding carboxylic acids is 3. The number of carbonyl (C=O) groups is 3. The summed E-state index contributed by atoms with van der Waals surface area (Å²) in [6, 6.07) is 10.7. The molecule has 4 N–H and O–H groups in total. The molecule has 2 aliphatic heterocycles. The van der Waals surface area contributed by atoms with E-state index in [1.807, 2.05) is 20.8 Å². The van der Waals surface area contributed by atoms with Crippen molar-refractivity contribution in [3.63, 3.8) is 0 Å². The maximum absolute atomic E-state index is 13.2. The van der Waals surface area contributed by atoms with Gasteiger partial charge in [-0.1, -0.05) is 18.2 Å². The van der Waals surface area contributed by atoms with Crippen molar-refractivity contribution in [3.8, 4) is 0 Å². The van der Waals surface area contributed by atoms with Gasteiger partial charge in [-0.05, 0) is 88.2 Å². The van der Waals surface area contributed by atoms with Crippen LogP contribution in [0.25, 0.3) is 11.6 Å². The van der Waals surface area contributed by atoms with Crippen molar-refractivity contribution in [1.82, 2.24) is 20.5 Å². The number of halogens is 1. The molecule has 1 fully saturated rings. The zero-order chi connectivity index (χ0) is 28.4. The number of rotatable bonds is 8. The second-order valence-corrected chi connectivity index (χ2v) is 10.5. The SMILES string of the molecule is Cc1[nH]c(C=C2C(=O)Nc3cc(C(=O)N[C@@H](C)c4ccc(F)cc4)ccc32)c(C)c1C(=O)NCCN1CCCC1. The third-order valence-electron chi connectivity index (χ3n) is 7.69. The van der Waals surface area contributed by atoms with Crippen molar-refractivity contribution in [2.75, 3.05) is 31.5 Å². The Labute approximate surface area is 233 Å². The van der Waals surface area contributed by atoms with Gasteiger partial charge < -0.3 is 25.8 Å². The molecule has 0 unspecified atom stereocenters. The van der Waals surface area contributed by atoms with Gasteiger partial charge in [0, 0.05) is 41.3 Å². The average Bonchev–Trinajstić information content (AvgIpc) is 3.62. The van der Waals surface area contributed by atoms with E-state index in [9.17, 15) is 18.8 Å². The summed E-state index contributed by atoms with van der Waals surface area (Å²) in [4.78, 5) is 44.4. The number of nitrogens with zero attached hydrogens (tertiary/aromatic N) is 1. The van der Waals surface area contributed by atoms with Gasteiger partial charge in [0.25, 0.3) is 17.7 Å². The lowest BCUT2D eigenvalue weighted by molar-refractivity contribution is -0.110. The number of benzene rings is 2. The second-order valence-electron chi connectivity index (χ2n) is 10.5. The van der Waals surface area contributed by atoms with E-state index in [-0.39, 0.29) is 29.6 Å². The van der Waals surface area contributed by atoms with Crippen LogP contribution in [0.4, 0.5) is 10.1 Å². The number of aromatic amines is 1. The van der Waals surface area contributed by atoms with Gasteiger partial charge in [-0.2, -0.15) is 0 Å². The fourth-order valence-corrected chi connectivity index (χ4v) is 5.42. The molecule has 1 atom stereocenters. The molecule has 208 valence electrons. The van der Waals surface area contributed by atoms with Crippen LogP contribution in [-0.4, -0.2) is 53.8 Å². The molecule has 8 nitrogen and oxygen atoms in total. The minimum Gasteiger partial charge on any atom is -0.358 e. The van der Waals surface area contributed by atoms with Crippen molar-refractivity contribution < 1.29 is 18.8 Å². The van der Waals surface area contributed by atoms with E-state index in [2.05, 4.69) is 25.8 Å². The molecule has 9 heteroatoms. The topological polar surface area (TPSA) is 106 Å². The van der Waals surface area contributed by atoms with Gasteiger partial charge in [-0.15, -0.1) is 0 Å². The van der Waals surface area contributed by atoms with Gasteiger partial charge in [-0.3, -0.25) is 14.4 Å². The molecule has 3 aromatic rings. The molecule has 0 saturated carbocycles. The molecule has 3 amide bonds. The average molecular weight is 544 g/mol. The highest BCUT2D eigenvalue weighted by molar-refractivity contribution is 6.35. The lowest BCUT2D eigenvalue weighted by Gasteiger charge is -2.15. The highest BCUT2D eigenvalue weighted by Crippen LogP contribution is 2.35. The van der Waals surface area contributed by atoms with Crippen molar-refractivity contribution in [2.24, 2.45) is 0 Å². The number of hydrogen-bond donors (Lipinski definition) is 4. The highest BCUT2D eigenvalue weighted by Gasteiger charge is 2.27. The summed E-state index contributed by atoms with van der Waals surface area (Å²) in [7, 11) is 0. The molecule has 40 heavy (non-hydrogen) atoms. The van der Waals surface area contributed by atoms with Gasteiger partial charge >= 0.3 is 0 Å². The minimum atomic E-state index is -0.336. The Morgan fingerprint density at radius 2 is 1.80 bits per heavy atom. The Hall–Kier alpha value is -4.24. The summed E-state index contributed by atoms with van der Waals surface area (Å²) in [5.41, 5.74) is 5.64. The van der Waals surface area contributed by atoms with Crippen molar-refractivity contribution in [2.45, 2.75) is 39.7 Å². The Morgan fingerprint density at radius 1 is 1.07 bits per heavy atom. The van der Waals surface area contributed by atoms with Gasteiger partial charge in [-0.25, -0.2) is 4.39 Å². The summed E-state index contributed by atoms with van der Waals surface area (Å²) in [5, 5.41) is 8.78. The molecule has 2 aliphatic rings. The molecule has 1 aromatic heterocycles. The zero-order valence-corrected chi connectivity index (χ0v) is 23.0. The van der Waals surface area contributed by atoms with Crippen LogP contribution in [0, 0.1) is 19.7 Å². The first kappa shape index (κ1) is 27.3. The lowest BCUT2D eigenvalue weighted by Crippen LogP contribution is -2.33. The number of aryl methyl sites for hydroxylation is 1. The zero-order valence-electron chi connectivity index (χ0n) is 23.0. The van der Waals surface area contributed by atoms with E-state index in [1.54, 1.807) is 36.4 Å². The molecule has 0 bridgehead atoms. The first-order valence-electron chi connectivity index (χ1n) is 13.6. The van der Waals surface area contributed by atoms with Crippen molar-refractivity contribution in [3.05, 3.63) is 87.5 Å². The molecule has 3 heterocycles. The minimum absolute atomic E-state index is 0.128. The van der Waals surface area contributed by atoms with Crippen LogP contribution in [0.15, 0.2) is 42.5 Å². The monoisotopic (exact) mass is 543 g/mol. The summed E-state index contributed by atoms with van der Waals surface area (Å²) in [6.45, 7) is 9.14. The Bertz CT molecular complexity index is 1490. The van der Waals surface area contributed by atoms with Crippen LogP contribution in [0.2, 0.25) is 0 Å². The van der Waals surface area contributed by atoms with Crippen LogP contribution < -0.4 is 16.0 Å². The number of anilines is 1. The third-order valence-corrected chi connectivity index (χ3v) is 7.69. The van der Waals surface area contributed by atoms with E-state index >= 15 is 0 Å². The maximum atomic E-state index is 13.2. The van der Waals surface area contributed by atoms with Crippen LogP contribution in [0.3, 0.4) is 0 Å². The van der Waals surface area contributed by atoms with Crippen LogP contribution in [-0.2, 0) is 4.79 Å². The maximum Gasteiger partial charge on any atom is 0.256 e. The number of fused-ring (bicyclic) bond motifs is 1. The number of aromatic nitrogens is 1. The predicted octanol–water partition coefficient (Wildman–Crippen LogP) is 4.58. The van der Waals surface area contributed by atoms with Gasteiger partial charge in [0.1, 0.15) is 5.82 Å². The van der Waals surface area contributed by atoms with E-state index in [0.29, 0.717) is 40.2 Å². The number of amides is 3. The van der Waals surface area contributed by atoms with E-state index in [1.165, 1.54) is 25.0 Å². The number of H-pyrrole nitrogens is 1. The summed E-state index contributed by atoms with van der Waals surface area (Å²) >= 11 is 0. The summed E-state index contributed by atoms with van der Waals surface area (Å²) < 4.78 is 13.2. The summed E-state index contributed by atoms with van der Waals surface area (Å²) in [6.07, 6.45) is 4.18. The lowest BCUT2D eigenvalue weighted by atomic mass is 10.0. The molecule has 5 rings (SSSR count). The molecule has 0 spiro atoms.